The van der Waals surface area contributed by atoms with Gasteiger partial charge in [0.2, 0.25) is 0 Å². The molecule has 5 heteroatoms. The molecule has 0 saturated heterocycles. The molecule has 1 rings (SSSR count). The third-order valence-electron chi connectivity index (χ3n) is 1.84. The zero-order valence-corrected chi connectivity index (χ0v) is 9.64. The van der Waals surface area contributed by atoms with E-state index in [0.29, 0.717) is 27.9 Å². The number of halogens is 2. The van der Waals surface area contributed by atoms with E-state index in [-0.39, 0.29) is 0 Å². The van der Waals surface area contributed by atoms with Crippen LogP contribution in [0.15, 0.2) is 12.1 Å². The highest BCUT2D eigenvalue weighted by Crippen LogP contribution is 2.32. The predicted octanol–water partition coefficient (Wildman–Crippen LogP) is 3.26. The Morgan fingerprint density at radius 1 is 1.47 bits per heavy atom. The average Bonchev–Trinajstić information content (AvgIpc) is 2.21. The van der Waals surface area contributed by atoms with Gasteiger partial charge in [0, 0.05) is 6.07 Å². The van der Waals surface area contributed by atoms with Crippen molar-refractivity contribution >= 4 is 28.9 Å². The van der Waals surface area contributed by atoms with Crippen LogP contribution in [0.4, 0.5) is 5.69 Å². The van der Waals surface area contributed by atoms with Crippen molar-refractivity contribution in [1.29, 1.82) is 5.26 Å². The topological polar surface area (TPSA) is 59.0 Å². The lowest BCUT2D eigenvalue weighted by Crippen LogP contribution is -2.13. The Hall–Kier alpha value is -1.11. The number of rotatable bonds is 3. The number of nitrogens with zero attached hydrogens (tertiary/aromatic N) is 1. The van der Waals surface area contributed by atoms with Crippen LogP contribution in [-0.2, 0) is 0 Å². The Labute approximate surface area is 98.3 Å². The first-order chi connectivity index (χ1) is 7.08. The maximum Gasteiger partial charge on any atom is 0.184 e. The summed E-state index contributed by atoms with van der Waals surface area (Å²) in [5.74, 6) is 0.387. The lowest BCUT2D eigenvalue weighted by atomic mass is 10.2. The van der Waals surface area contributed by atoms with Crippen molar-refractivity contribution in [2.45, 2.75) is 19.4 Å². The molecular weight excluding hydrogens is 235 g/mol. The highest BCUT2D eigenvalue weighted by Gasteiger charge is 2.11. The molecule has 0 heterocycles. The summed E-state index contributed by atoms with van der Waals surface area (Å²) in [7, 11) is 0. The fraction of sp³-hybridized carbons (Fsp3) is 0.300. The van der Waals surface area contributed by atoms with Crippen LogP contribution in [0.2, 0.25) is 10.0 Å². The minimum absolute atomic E-state index is 0.355. The minimum Gasteiger partial charge on any atom is -0.473 e. The van der Waals surface area contributed by atoms with Gasteiger partial charge in [-0.3, -0.25) is 0 Å². The van der Waals surface area contributed by atoms with Crippen molar-refractivity contribution in [3.8, 4) is 11.8 Å². The lowest BCUT2D eigenvalue weighted by Gasteiger charge is -2.13. The second kappa shape index (κ2) is 5.11. The molecule has 1 aromatic rings. The molecule has 0 aromatic heterocycles. The van der Waals surface area contributed by atoms with Crippen molar-refractivity contribution < 1.29 is 4.74 Å². The van der Waals surface area contributed by atoms with Gasteiger partial charge >= 0.3 is 0 Å². The third-order valence-corrected chi connectivity index (χ3v) is 2.56. The zero-order chi connectivity index (χ0) is 11.4. The summed E-state index contributed by atoms with van der Waals surface area (Å²) in [6.45, 7) is 1.85. The zero-order valence-electron chi connectivity index (χ0n) is 8.13. The van der Waals surface area contributed by atoms with Crippen LogP contribution < -0.4 is 10.5 Å². The number of nitriles is 1. The van der Waals surface area contributed by atoms with Gasteiger partial charge in [0.15, 0.2) is 6.10 Å². The Bertz CT molecular complexity index is 401. The van der Waals surface area contributed by atoms with E-state index >= 15 is 0 Å². The maximum atomic E-state index is 8.73. The molecule has 80 valence electrons. The van der Waals surface area contributed by atoms with E-state index in [2.05, 4.69) is 0 Å². The van der Waals surface area contributed by atoms with Gasteiger partial charge in [0.25, 0.3) is 0 Å². The Morgan fingerprint density at radius 2 is 2.07 bits per heavy atom. The summed E-state index contributed by atoms with van der Waals surface area (Å²) in [4.78, 5) is 0. The molecule has 0 aliphatic heterocycles. The Morgan fingerprint density at radius 3 is 2.60 bits per heavy atom. The lowest BCUT2D eigenvalue weighted by molar-refractivity contribution is 0.253. The predicted molar refractivity (Wildman–Crippen MR) is 61.2 cm³/mol. The molecular formula is C10H10Cl2N2O. The van der Waals surface area contributed by atoms with Crippen molar-refractivity contribution in [3.05, 3.63) is 22.2 Å². The van der Waals surface area contributed by atoms with Gasteiger partial charge in [-0.1, -0.05) is 30.1 Å². The molecule has 0 aliphatic carbocycles. The quantitative estimate of drug-likeness (QED) is 0.831. The molecule has 0 spiro atoms. The summed E-state index contributed by atoms with van der Waals surface area (Å²) in [5, 5.41) is 9.45. The smallest absolute Gasteiger partial charge is 0.184 e. The summed E-state index contributed by atoms with van der Waals surface area (Å²) in [6.07, 6.45) is 0.0560. The van der Waals surface area contributed by atoms with E-state index in [4.69, 9.17) is 38.9 Å². The van der Waals surface area contributed by atoms with Crippen LogP contribution in [0.3, 0.4) is 0 Å². The van der Waals surface area contributed by atoms with Gasteiger partial charge in [-0.15, -0.1) is 0 Å². The fourth-order valence-corrected chi connectivity index (χ4v) is 1.33. The van der Waals surface area contributed by atoms with E-state index in [1.165, 1.54) is 12.1 Å². The molecule has 0 saturated carbocycles. The third kappa shape index (κ3) is 2.92. The van der Waals surface area contributed by atoms with Crippen molar-refractivity contribution in [1.82, 2.24) is 0 Å². The summed E-state index contributed by atoms with van der Waals surface area (Å²) in [6, 6.07) is 5.02. The average molecular weight is 245 g/mol. The number of anilines is 1. The minimum atomic E-state index is -0.524. The van der Waals surface area contributed by atoms with Crippen molar-refractivity contribution in [3.63, 3.8) is 0 Å². The van der Waals surface area contributed by atoms with Crippen LogP contribution in [0, 0.1) is 11.3 Å². The largest absolute Gasteiger partial charge is 0.473 e. The molecule has 3 nitrogen and oxygen atoms in total. The van der Waals surface area contributed by atoms with Gasteiger partial charge in [0.05, 0.1) is 15.7 Å². The van der Waals surface area contributed by atoms with Gasteiger partial charge in [-0.2, -0.15) is 5.26 Å². The molecule has 0 fully saturated rings. The summed E-state index contributed by atoms with van der Waals surface area (Å²) in [5.41, 5.74) is 6.04. The summed E-state index contributed by atoms with van der Waals surface area (Å²) < 4.78 is 5.35. The van der Waals surface area contributed by atoms with E-state index < -0.39 is 6.10 Å². The normalized spacial score (nSPS) is 11.9. The van der Waals surface area contributed by atoms with Gasteiger partial charge in [-0.25, -0.2) is 0 Å². The molecule has 15 heavy (non-hydrogen) atoms. The van der Waals surface area contributed by atoms with Gasteiger partial charge in [0.1, 0.15) is 11.8 Å². The summed E-state index contributed by atoms with van der Waals surface area (Å²) >= 11 is 11.6. The van der Waals surface area contributed by atoms with Crippen molar-refractivity contribution in [2.24, 2.45) is 0 Å². The SMILES string of the molecule is CCC(C#N)Oc1cc(Cl)c(Cl)cc1N. The second-order valence-corrected chi connectivity index (χ2v) is 3.76. The first-order valence-electron chi connectivity index (χ1n) is 4.39. The van der Waals surface area contributed by atoms with Crippen LogP contribution in [0.5, 0.6) is 5.75 Å². The molecule has 0 aliphatic rings. The first kappa shape index (κ1) is 12.0. The fourth-order valence-electron chi connectivity index (χ4n) is 1.00. The number of ether oxygens (including phenoxy) is 1. The van der Waals surface area contributed by atoms with Gasteiger partial charge in [-0.05, 0) is 12.5 Å². The number of hydrogen-bond acceptors (Lipinski definition) is 3. The maximum absolute atomic E-state index is 8.73. The van der Waals surface area contributed by atoms with Crippen LogP contribution in [0.1, 0.15) is 13.3 Å². The standard InChI is InChI=1S/C10H10Cl2N2O/c1-2-6(5-13)15-10-4-8(12)7(11)3-9(10)14/h3-4,6H,2,14H2,1H3. The molecule has 0 amide bonds. The highest BCUT2D eigenvalue weighted by atomic mass is 35.5. The Kier molecular flexibility index (Phi) is 4.07. The first-order valence-corrected chi connectivity index (χ1v) is 5.14. The molecule has 2 N–H and O–H groups in total. The number of benzene rings is 1. The number of nitrogens with two attached hydrogens (primary N) is 1. The molecule has 0 radical (unpaired) electrons. The number of hydrogen-bond donors (Lipinski definition) is 1. The van der Waals surface area contributed by atoms with Crippen LogP contribution in [-0.4, -0.2) is 6.10 Å². The molecule has 1 unspecified atom stereocenters. The molecule has 0 bridgehead atoms. The van der Waals surface area contributed by atoms with Crippen LogP contribution >= 0.6 is 23.2 Å². The Balaban J connectivity index is 2.96. The van der Waals surface area contributed by atoms with Gasteiger partial charge < -0.3 is 10.5 Å². The second-order valence-electron chi connectivity index (χ2n) is 2.95. The molecule has 1 aromatic carbocycles. The van der Waals surface area contributed by atoms with Crippen LogP contribution in [0.25, 0.3) is 0 Å². The molecule has 1 atom stereocenters. The highest BCUT2D eigenvalue weighted by molar-refractivity contribution is 6.42. The van der Waals surface area contributed by atoms with E-state index in [9.17, 15) is 0 Å². The number of nitrogen functional groups attached to an aromatic ring is 1. The monoisotopic (exact) mass is 244 g/mol. The van der Waals surface area contributed by atoms with Crippen molar-refractivity contribution in [2.75, 3.05) is 5.73 Å². The van der Waals surface area contributed by atoms with E-state index in [1.54, 1.807) is 0 Å². The van der Waals surface area contributed by atoms with E-state index in [1.807, 2.05) is 13.0 Å². The van der Waals surface area contributed by atoms with E-state index in [0.717, 1.165) is 0 Å².